The van der Waals surface area contributed by atoms with Crippen LogP contribution in [-0.4, -0.2) is 22.2 Å². The van der Waals surface area contributed by atoms with Crippen LogP contribution in [0.4, 0.5) is 4.39 Å². The zero-order valence-electron chi connectivity index (χ0n) is 19.6. The first-order chi connectivity index (χ1) is 17.2. The largest absolute Gasteiger partial charge is 0.481 e. The van der Waals surface area contributed by atoms with Crippen molar-refractivity contribution < 1.29 is 28.3 Å². The van der Waals surface area contributed by atoms with Gasteiger partial charge >= 0.3 is 11.9 Å². The minimum atomic E-state index is -0.874. The molecule has 36 heavy (non-hydrogen) atoms. The average molecular weight is 508 g/mol. The average Bonchev–Trinajstić information content (AvgIpc) is 3.19. The van der Waals surface area contributed by atoms with Crippen LogP contribution in [0.25, 0.3) is 22.5 Å². The number of nitrogens with zero attached hydrogens (tertiary/aromatic N) is 1. The summed E-state index contributed by atoms with van der Waals surface area (Å²) in [6, 6.07) is 19.1. The van der Waals surface area contributed by atoms with Gasteiger partial charge in [-0.3, -0.25) is 9.59 Å². The Balaban J connectivity index is 1.48. The maximum Gasteiger partial charge on any atom is 0.311 e. The lowest BCUT2D eigenvalue weighted by molar-refractivity contribution is -0.147. The summed E-state index contributed by atoms with van der Waals surface area (Å²) in [5, 5.41) is 13.2. The Morgan fingerprint density at radius 2 is 1.61 bits per heavy atom. The van der Waals surface area contributed by atoms with Crippen molar-refractivity contribution in [2.24, 2.45) is 0 Å². The molecular formula is C28H23ClFNO5. The minimum absolute atomic E-state index is 0.0251. The van der Waals surface area contributed by atoms with E-state index in [1.807, 2.05) is 36.4 Å². The highest BCUT2D eigenvalue weighted by Gasteiger charge is 2.22. The molecule has 184 valence electrons. The Labute approximate surface area is 212 Å². The highest BCUT2D eigenvalue weighted by molar-refractivity contribution is 6.30. The molecule has 8 heteroatoms. The molecule has 0 amide bonds. The molecule has 1 N–H and O–H groups in total. The van der Waals surface area contributed by atoms with E-state index in [1.165, 1.54) is 12.1 Å². The van der Waals surface area contributed by atoms with Crippen molar-refractivity contribution in [1.82, 2.24) is 5.16 Å². The van der Waals surface area contributed by atoms with Crippen LogP contribution in [0.1, 0.15) is 35.4 Å². The highest BCUT2D eigenvalue weighted by atomic mass is 35.5. The summed E-state index contributed by atoms with van der Waals surface area (Å²) in [5.41, 5.74) is 4.74. The summed E-state index contributed by atoms with van der Waals surface area (Å²) in [7, 11) is 0. The van der Waals surface area contributed by atoms with Gasteiger partial charge in [-0.15, -0.1) is 0 Å². The SMILES string of the molecule is Cc1noc(-c2ccc(-c3ccc(CC(=O)O)cc3)cc2)c1CC(=O)OC(C)c1ccc(Cl)cc1F. The first kappa shape index (κ1) is 25.1. The summed E-state index contributed by atoms with van der Waals surface area (Å²) in [5.74, 6) is -1.50. The van der Waals surface area contributed by atoms with E-state index >= 15 is 0 Å². The van der Waals surface area contributed by atoms with Gasteiger partial charge in [-0.2, -0.15) is 0 Å². The zero-order chi connectivity index (χ0) is 25.8. The lowest BCUT2D eigenvalue weighted by Gasteiger charge is -2.14. The Bertz CT molecular complexity index is 1400. The van der Waals surface area contributed by atoms with Crippen LogP contribution in [-0.2, 0) is 27.2 Å². The van der Waals surface area contributed by atoms with Gasteiger partial charge in [-0.1, -0.05) is 71.4 Å². The van der Waals surface area contributed by atoms with E-state index in [-0.39, 0.29) is 23.4 Å². The van der Waals surface area contributed by atoms with Gasteiger partial charge in [0, 0.05) is 21.7 Å². The van der Waals surface area contributed by atoms with Crippen LogP contribution in [0.5, 0.6) is 0 Å². The number of ether oxygens (including phenoxy) is 1. The predicted molar refractivity (Wildman–Crippen MR) is 133 cm³/mol. The minimum Gasteiger partial charge on any atom is -0.481 e. The fourth-order valence-corrected chi connectivity index (χ4v) is 4.06. The standard InChI is InChI=1S/C28H23ClFNO5/c1-16-24(15-27(34)35-17(2)23-12-11-22(29)14-25(23)30)28(36-31-16)21-9-7-20(8-10-21)19-5-3-18(4-6-19)13-26(32)33/h3-12,14,17H,13,15H2,1-2H3,(H,32,33). The van der Waals surface area contributed by atoms with Crippen LogP contribution >= 0.6 is 11.6 Å². The van der Waals surface area contributed by atoms with Gasteiger partial charge in [0.15, 0.2) is 5.76 Å². The lowest BCUT2D eigenvalue weighted by atomic mass is 9.99. The summed E-state index contributed by atoms with van der Waals surface area (Å²) in [4.78, 5) is 23.5. The monoisotopic (exact) mass is 507 g/mol. The van der Waals surface area contributed by atoms with Crippen LogP contribution in [0.15, 0.2) is 71.3 Å². The second-order valence-electron chi connectivity index (χ2n) is 8.40. The molecular weight excluding hydrogens is 485 g/mol. The van der Waals surface area contributed by atoms with E-state index in [0.717, 1.165) is 22.3 Å². The fraction of sp³-hybridized carbons (Fsp3) is 0.179. The van der Waals surface area contributed by atoms with Crippen LogP contribution < -0.4 is 0 Å². The van der Waals surface area contributed by atoms with Gasteiger partial charge in [-0.25, -0.2) is 4.39 Å². The molecule has 0 bridgehead atoms. The molecule has 0 spiro atoms. The zero-order valence-corrected chi connectivity index (χ0v) is 20.4. The molecule has 0 radical (unpaired) electrons. The number of carbonyl (C=O) groups is 2. The van der Waals surface area contributed by atoms with Crippen molar-refractivity contribution in [3.8, 4) is 22.5 Å². The molecule has 0 saturated heterocycles. The summed E-state index contributed by atoms with van der Waals surface area (Å²) in [6.07, 6.45) is -0.903. The number of hydrogen-bond acceptors (Lipinski definition) is 5. The van der Waals surface area contributed by atoms with E-state index in [9.17, 15) is 14.0 Å². The molecule has 0 aliphatic rings. The molecule has 3 aromatic carbocycles. The Morgan fingerprint density at radius 1 is 1.00 bits per heavy atom. The molecule has 0 aliphatic carbocycles. The molecule has 1 heterocycles. The third kappa shape index (κ3) is 5.80. The van der Waals surface area contributed by atoms with Gasteiger partial charge in [0.2, 0.25) is 0 Å². The van der Waals surface area contributed by atoms with Crippen molar-refractivity contribution in [1.29, 1.82) is 0 Å². The Morgan fingerprint density at radius 3 is 2.22 bits per heavy atom. The summed E-state index contributed by atoms with van der Waals surface area (Å²) < 4.78 is 25.2. The van der Waals surface area contributed by atoms with Gasteiger partial charge in [0.25, 0.3) is 0 Å². The van der Waals surface area contributed by atoms with Crippen molar-refractivity contribution >= 4 is 23.5 Å². The Kier molecular flexibility index (Phi) is 7.50. The smallest absolute Gasteiger partial charge is 0.311 e. The second kappa shape index (κ2) is 10.7. The number of benzene rings is 3. The maximum atomic E-state index is 14.2. The van der Waals surface area contributed by atoms with Crippen molar-refractivity contribution in [3.05, 3.63) is 100.0 Å². The van der Waals surface area contributed by atoms with E-state index in [2.05, 4.69) is 5.16 Å². The summed E-state index contributed by atoms with van der Waals surface area (Å²) in [6.45, 7) is 3.34. The van der Waals surface area contributed by atoms with Crippen molar-refractivity contribution in [2.75, 3.05) is 0 Å². The van der Waals surface area contributed by atoms with E-state index in [1.54, 1.807) is 32.0 Å². The molecule has 0 aliphatic heterocycles. The molecule has 0 saturated carbocycles. The first-order valence-electron chi connectivity index (χ1n) is 11.2. The third-order valence-electron chi connectivity index (χ3n) is 5.80. The molecule has 1 aromatic heterocycles. The van der Waals surface area contributed by atoms with Crippen LogP contribution in [0.2, 0.25) is 5.02 Å². The number of carbonyl (C=O) groups excluding carboxylic acids is 1. The molecule has 0 fully saturated rings. The lowest BCUT2D eigenvalue weighted by Crippen LogP contribution is -2.13. The number of aromatic nitrogens is 1. The predicted octanol–water partition coefficient (Wildman–Crippen LogP) is 6.58. The topological polar surface area (TPSA) is 89.6 Å². The number of hydrogen-bond donors (Lipinski definition) is 1. The number of halogens is 2. The maximum absolute atomic E-state index is 14.2. The third-order valence-corrected chi connectivity index (χ3v) is 6.04. The molecule has 4 aromatic rings. The summed E-state index contributed by atoms with van der Waals surface area (Å²) >= 11 is 5.80. The van der Waals surface area contributed by atoms with Crippen LogP contribution in [0, 0.1) is 12.7 Å². The normalized spacial score (nSPS) is 11.8. The highest BCUT2D eigenvalue weighted by Crippen LogP contribution is 2.30. The van der Waals surface area contributed by atoms with Gasteiger partial charge in [0.1, 0.15) is 11.9 Å². The molecule has 1 unspecified atom stereocenters. The van der Waals surface area contributed by atoms with Crippen molar-refractivity contribution in [3.63, 3.8) is 0 Å². The fourth-order valence-electron chi connectivity index (χ4n) is 3.91. The number of carboxylic acids is 1. The van der Waals surface area contributed by atoms with Gasteiger partial charge < -0.3 is 14.4 Å². The van der Waals surface area contributed by atoms with E-state index in [0.29, 0.717) is 17.0 Å². The van der Waals surface area contributed by atoms with Gasteiger partial charge in [0.05, 0.1) is 18.5 Å². The number of esters is 1. The molecule has 4 rings (SSSR count). The second-order valence-corrected chi connectivity index (χ2v) is 8.83. The van der Waals surface area contributed by atoms with Crippen molar-refractivity contribution in [2.45, 2.75) is 32.8 Å². The number of rotatable bonds is 8. The van der Waals surface area contributed by atoms with E-state index < -0.39 is 23.9 Å². The first-order valence-corrected chi connectivity index (χ1v) is 11.6. The Hall–Kier alpha value is -3.97. The van der Waals surface area contributed by atoms with Crippen LogP contribution in [0.3, 0.4) is 0 Å². The quantitative estimate of drug-likeness (QED) is 0.271. The van der Waals surface area contributed by atoms with E-state index in [4.69, 9.17) is 26.0 Å². The molecule has 6 nitrogen and oxygen atoms in total. The number of aliphatic carboxylic acids is 1. The van der Waals surface area contributed by atoms with Gasteiger partial charge in [-0.05, 0) is 42.7 Å². The number of aryl methyl sites for hydroxylation is 1. The molecule has 1 atom stereocenters. The number of carboxylic acid groups (broad SMARTS) is 1.